The second-order valence-electron chi connectivity index (χ2n) is 4.35. The van der Waals surface area contributed by atoms with Gasteiger partial charge in [-0.2, -0.15) is 15.7 Å². The molecule has 20 heavy (non-hydrogen) atoms. The Kier molecular flexibility index (Phi) is 5.00. The topological polar surface area (TPSA) is 85.1 Å². The van der Waals surface area contributed by atoms with E-state index >= 15 is 0 Å². The largest absolute Gasteiger partial charge is 0.382 e. The smallest absolute Gasteiger partial charge is 0.185 e. The van der Waals surface area contributed by atoms with Gasteiger partial charge in [-0.15, -0.1) is 0 Å². The number of thiophene rings is 1. The van der Waals surface area contributed by atoms with Crippen molar-refractivity contribution >= 4 is 43.5 Å². The van der Waals surface area contributed by atoms with Crippen LogP contribution in [0.3, 0.4) is 0 Å². The maximum Gasteiger partial charge on any atom is 0.185 e. The van der Waals surface area contributed by atoms with Crippen molar-refractivity contribution in [2.45, 2.75) is 24.7 Å². The molecule has 0 spiro atoms. The fourth-order valence-electron chi connectivity index (χ4n) is 1.83. The monoisotopic (exact) mass is 331 g/mol. The lowest BCUT2D eigenvalue weighted by Crippen LogP contribution is -2.11. The molecule has 0 aliphatic rings. The molecular formula is C12H17N3O2S3. The molecule has 2 aromatic rings. The normalized spacial score (nSPS) is 11.7. The van der Waals surface area contributed by atoms with E-state index < -0.39 is 9.84 Å². The van der Waals surface area contributed by atoms with Crippen molar-refractivity contribution in [2.75, 3.05) is 23.3 Å². The molecule has 0 aliphatic heterocycles. The van der Waals surface area contributed by atoms with Crippen LogP contribution in [0.4, 0.5) is 10.8 Å². The minimum atomic E-state index is -3.35. The van der Waals surface area contributed by atoms with Crippen LogP contribution in [0, 0.1) is 0 Å². The summed E-state index contributed by atoms with van der Waals surface area (Å²) >= 11 is 2.75. The van der Waals surface area contributed by atoms with Crippen LogP contribution in [0.1, 0.15) is 18.9 Å². The third kappa shape index (κ3) is 3.50. The second-order valence-corrected chi connectivity index (χ2v) is 7.95. The summed E-state index contributed by atoms with van der Waals surface area (Å²) in [5.41, 5.74) is 6.94. The molecule has 2 heterocycles. The van der Waals surface area contributed by atoms with Crippen LogP contribution in [-0.4, -0.2) is 25.1 Å². The zero-order chi connectivity index (χ0) is 14.6. The van der Waals surface area contributed by atoms with E-state index in [2.05, 4.69) is 21.1 Å². The molecule has 0 unspecified atom stereocenters. The number of nitrogens with one attached hydrogen (secondary N) is 1. The zero-order valence-electron chi connectivity index (χ0n) is 11.1. The van der Waals surface area contributed by atoms with Gasteiger partial charge < -0.3 is 11.1 Å². The van der Waals surface area contributed by atoms with Crippen molar-refractivity contribution in [3.05, 3.63) is 22.4 Å². The van der Waals surface area contributed by atoms with Gasteiger partial charge >= 0.3 is 0 Å². The molecule has 0 atom stereocenters. The summed E-state index contributed by atoms with van der Waals surface area (Å²) in [5.74, 6) is 0.191. The van der Waals surface area contributed by atoms with E-state index in [4.69, 9.17) is 5.73 Å². The highest BCUT2D eigenvalue weighted by Gasteiger charge is 2.24. The quantitative estimate of drug-likeness (QED) is 0.814. The van der Waals surface area contributed by atoms with Gasteiger partial charge in [0.2, 0.25) is 0 Å². The lowest BCUT2D eigenvalue weighted by atomic mass is 10.2. The number of aromatic nitrogens is 1. The van der Waals surface area contributed by atoms with E-state index in [0.29, 0.717) is 18.0 Å². The van der Waals surface area contributed by atoms with Gasteiger partial charge in [-0.3, -0.25) is 0 Å². The van der Waals surface area contributed by atoms with Crippen molar-refractivity contribution in [1.29, 1.82) is 0 Å². The van der Waals surface area contributed by atoms with Crippen molar-refractivity contribution in [3.8, 4) is 0 Å². The Hall–Kier alpha value is -1.12. The van der Waals surface area contributed by atoms with Gasteiger partial charge in [0.25, 0.3) is 0 Å². The molecule has 0 amide bonds. The zero-order valence-corrected chi connectivity index (χ0v) is 13.6. The summed E-state index contributed by atoms with van der Waals surface area (Å²) in [6.45, 7) is 2.49. The van der Waals surface area contributed by atoms with E-state index in [0.717, 1.165) is 18.0 Å². The molecule has 8 heteroatoms. The third-order valence-electron chi connectivity index (χ3n) is 2.74. The number of nitrogens with two attached hydrogens (primary N) is 1. The first-order valence-corrected chi connectivity index (χ1v) is 9.64. The Balaban J connectivity index is 2.09. The molecule has 5 nitrogen and oxygen atoms in total. The van der Waals surface area contributed by atoms with Gasteiger partial charge in [0.1, 0.15) is 9.90 Å². The summed E-state index contributed by atoms with van der Waals surface area (Å²) < 4.78 is 28.3. The van der Waals surface area contributed by atoms with E-state index in [1.165, 1.54) is 5.56 Å². The Morgan fingerprint density at radius 3 is 2.90 bits per heavy atom. The van der Waals surface area contributed by atoms with Gasteiger partial charge in [-0.05, 0) is 46.8 Å². The molecule has 0 saturated heterocycles. The number of nitrogen functional groups attached to an aromatic ring is 1. The maximum atomic E-state index is 12.2. The molecule has 2 aromatic heterocycles. The van der Waals surface area contributed by atoms with Crippen molar-refractivity contribution in [1.82, 2.24) is 4.37 Å². The van der Waals surface area contributed by atoms with Gasteiger partial charge in [0.05, 0.1) is 5.75 Å². The number of rotatable bonds is 7. The van der Waals surface area contributed by atoms with Crippen LogP contribution < -0.4 is 11.1 Å². The molecule has 0 fully saturated rings. The molecule has 0 bridgehead atoms. The number of hydrogen-bond acceptors (Lipinski definition) is 7. The lowest BCUT2D eigenvalue weighted by molar-refractivity contribution is 0.595. The predicted octanol–water partition coefficient (Wildman–Crippen LogP) is 2.63. The first kappa shape index (κ1) is 15.3. The summed E-state index contributed by atoms with van der Waals surface area (Å²) in [6.07, 6.45) is 1.40. The van der Waals surface area contributed by atoms with Crippen LogP contribution >= 0.6 is 22.9 Å². The average Bonchev–Trinajstić information content (AvgIpc) is 2.99. The van der Waals surface area contributed by atoms with Crippen LogP contribution in [0.2, 0.25) is 0 Å². The molecular weight excluding hydrogens is 314 g/mol. The molecule has 0 aliphatic carbocycles. The Morgan fingerprint density at radius 2 is 2.25 bits per heavy atom. The molecule has 3 N–H and O–H groups in total. The third-order valence-corrected chi connectivity index (χ3v) is 6.40. The highest BCUT2D eigenvalue weighted by atomic mass is 32.2. The highest BCUT2D eigenvalue weighted by molar-refractivity contribution is 7.91. The fraction of sp³-hybridized carbons (Fsp3) is 0.417. The summed E-state index contributed by atoms with van der Waals surface area (Å²) in [6, 6.07) is 2.06. The fourth-order valence-corrected chi connectivity index (χ4v) is 5.18. The minimum absolute atomic E-state index is 0.0921. The van der Waals surface area contributed by atoms with Crippen LogP contribution in [0.5, 0.6) is 0 Å². The standard InChI is InChI=1S/C12H17N3O2S3/c1-2-7-20(16,17)10-11(13)15-19-12(10)14-5-3-9-4-6-18-8-9/h4,6,8,14H,2-3,5,7H2,1H3,(H2,13,15). The summed E-state index contributed by atoms with van der Waals surface area (Å²) in [7, 11) is -3.35. The second kappa shape index (κ2) is 6.55. The van der Waals surface area contributed by atoms with Crippen LogP contribution in [-0.2, 0) is 16.3 Å². The van der Waals surface area contributed by atoms with Gasteiger partial charge in [-0.1, -0.05) is 6.92 Å². The van der Waals surface area contributed by atoms with Gasteiger partial charge in [0.15, 0.2) is 15.7 Å². The van der Waals surface area contributed by atoms with Crippen molar-refractivity contribution in [3.63, 3.8) is 0 Å². The molecule has 2 rings (SSSR count). The number of hydrogen-bond donors (Lipinski definition) is 2. The Labute approximate surface area is 126 Å². The molecule has 0 radical (unpaired) electrons. The van der Waals surface area contributed by atoms with Crippen molar-refractivity contribution in [2.24, 2.45) is 0 Å². The maximum absolute atomic E-state index is 12.2. The summed E-state index contributed by atoms with van der Waals surface area (Å²) in [4.78, 5) is 0.162. The molecule has 0 aromatic carbocycles. The lowest BCUT2D eigenvalue weighted by Gasteiger charge is -2.07. The number of anilines is 2. The minimum Gasteiger partial charge on any atom is -0.382 e. The van der Waals surface area contributed by atoms with Crippen molar-refractivity contribution < 1.29 is 8.42 Å². The Bertz CT molecular complexity index is 648. The predicted molar refractivity (Wildman–Crippen MR) is 85.4 cm³/mol. The highest BCUT2D eigenvalue weighted by Crippen LogP contribution is 2.32. The number of sulfone groups is 1. The van der Waals surface area contributed by atoms with E-state index in [1.54, 1.807) is 11.3 Å². The van der Waals surface area contributed by atoms with Gasteiger partial charge in [0, 0.05) is 6.54 Å². The molecule has 110 valence electrons. The van der Waals surface area contributed by atoms with Gasteiger partial charge in [-0.25, -0.2) is 8.42 Å². The summed E-state index contributed by atoms with van der Waals surface area (Å²) in [5, 5.41) is 7.79. The van der Waals surface area contributed by atoms with E-state index in [-0.39, 0.29) is 16.5 Å². The van der Waals surface area contributed by atoms with Crippen LogP contribution in [0.15, 0.2) is 21.7 Å². The van der Waals surface area contributed by atoms with E-state index in [1.807, 2.05) is 12.3 Å². The first-order valence-electron chi connectivity index (χ1n) is 6.27. The SMILES string of the molecule is CCCS(=O)(=O)c1c(N)nsc1NCCc1ccsc1. The molecule has 0 saturated carbocycles. The van der Waals surface area contributed by atoms with E-state index in [9.17, 15) is 8.42 Å². The van der Waals surface area contributed by atoms with Crippen LogP contribution in [0.25, 0.3) is 0 Å². The number of nitrogens with zero attached hydrogens (tertiary/aromatic N) is 1. The first-order chi connectivity index (χ1) is 9.54. The average molecular weight is 331 g/mol. The Morgan fingerprint density at radius 1 is 1.45 bits per heavy atom.